The summed E-state index contributed by atoms with van der Waals surface area (Å²) in [5.41, 5.74) is 1.89. The van der Waals surface area contributed by atoms with Gasteiger partial charge >= 0.3 is 6.01 Å². The maximum atomic E-state index is 14.8. The molecule has 1 aromatic carbocycles. The molecule has 0 spiro atoms. The molecule has 1 aliphatic heterocycles. The summed E-state index contributed by atoms with van der Waals surface area (Å²) in [5.74, 6) is 1.17. The highest BCUT2D eigenvalue weighted by Gasteiger charge is 2.26. The number of benzene rings is 1. The number of rotatable bonds is 9. The van der Waals surface area contributed by atoms with Crippen LogP contribution in [0.15, 0.2) is 28.8 Å². The first kappa shape index (κ1) is 26.1. The summed E-state index contributed by atoms with van der Waals surface area (Å²) in [4.78, 5) is 20.6. The molecule has 9 heteroatoms. The highest BCUT2D eigenvalue weighted by atomic mass is 19.1. The quantitative estimate of drug-likeness (QED) is 0.550. The SMILES string of the molecule is CC(C)c1noc(N2CCC(COc3ccc(C4=CCC(C(=O)N(C)CCO)CC4)cc3F)CC2)n1. The van der Waals surface area contributed by atoms with Crippen molar-refractivity contribution in [3.05, 3.63) is 41.5 Å². The van der Waals surface area contributed by atoms with Gasteiger partial charge in [-0.15, -0.1) is 0 Å². The van der Waals surface area contributed by atoms with Gasteiger partial charge in [0.2, 0.25) is 5.91 Å². The zero-order valence-corrected chi connectivity index (χ0v) is 21.5. The van der Waals surface area contributed by atoms with E-state index in [4.69, 9.17) is 14.4 Å². The molecule has 1 unspecified atom stereocenters. The molecule has 196 valence electrons. The highest BCUT2D eigenvalue weighted by molar-refractivity contribution is 5.80. The van der Waals surface area contributed by atoms with Crippen LogP contribution in [-0.4, -0.2) is 65.9 Å². The van der Waals surface area contributed by atoms with Crippen LogP contribution in [0.4, 0.5) is 10.4 Å². The largest absolute Gasteiger partial charge is 0.490 e. The number of likely N-dealkylation sites (N-methyl/N-ethyl adjacent to an activating group) is 1. The van der Waals surface area contributed by atoms with E-state index in [0.717, 1.165) is 55.7 Å². The van der Waals surface area contributed by atoms with Crippen molar-refractivity contribution in [1.82, 2.24) is 15.0 Å². The second kappa shape index (κ2) is 11.9. The first-order valence-electron chi connectivity index (χ1n) is 12.9. The molecule has 1 aromatic heterocycles. The van der Waals surface area contributed by atoms with Crippen LogP contribution in [0.1, 0.15) is 63.3 Å². The van der Waals surface area contributed by atoms with Crippen molar-refractivity contribution >= 4 is 17.5 Å². The van der Waals surface area contributed by atoms with Crippen LogP contribution in [0.2, 0.25) is 0 Å². The van der Waals surface area contributed by atoms with Crippen molar-refractivity contribution in [3.63, 3.8) is 0 Å². The monoisotopic (exact) mass is 500 g/mol. The Morgan fingerprint density at radius 2 is 2.08 bits per heavy atom. The number of nitrogens with zero attached hydrogens (tertiary/aromatic N) is 4. The molecule has 0 bridgehead atoms. The van der Waals surface area contributed by atoms with Crippen molar-refractivity contribution < 1.29 is 23.6 Å². The third kappa shape index (κ3) is 6.24. The molecule has 1 aliphatic carbocycles. The van der Waals surface area contributed by atoms with E-state index in [1.165, 1.54) is 6.07 Å². The minimum atomic E-state index is -0.362. The Morgan fingerprint density at radius 1 is 1.31 bits per heavy atom. The predicted octanol–water partition coefficient (Wildman–Crippen LogP) is 4.26. The Morgan fingerprint density at radius 3 is 2.69 bits per heavy atom. The van der Waals surface area contributed by atoms with Crippen LogP contribution in [0.3, 0.4) is 0 Å². The van der Waals surface area contributed by atoms with E-state index < -0.39 is 0 Å². The molecule has 1 N–H and O–H groups in total. The first-order chi connectivity index (χ1) is 17.4. The molecule has 1 fully saturated rings. The average molecular weight is 501 g/mol. The second-order valence-electron chi connectivity index (χ2n) is 10.2. The molecular weight excluding hydrogens is 463 g/mol. The zero-order valence-electron chi connectivity index (χ0n) is 21.5. The smallest absolute Gasteiger partial charge is 0.324 e. The van der Waals surface area contributed by atoms with Crippen molar-refractivity contribution in [3.8, 4) is 5.75 Å². The Kier molecular flexibility index (Phi) is 8.61. The third-order valence-electron chi connectivity index (χ3n) is 7.18. The summed E-state index contributed by atoms with van der Waals surface area (Å²) < 4.78 is 26.1. The number of anilines is 1. The fourth-order valence-electron chi connectivity index (χ4n) is 4.80. The summed E-state index contributed by atoms with van der Waals surface area (Å²) in [7, 11) is 1.71. The van der Waals surface area contributed by atoms with Crippen molar-refractivity contribution in [2.45, 2.75) is 51.9 Å². The molecule has 2 aromatic rings. The van der Waals surface area contributed by atoms with E-state index in [2.05, 4.69) is 15.0 Å². The molecule has 4 rings (SSSR count). The van der Waals surface area contributed by atoms with E-state index in [1.807, 2.05) is 26.0 Å². The molecule has 0 radical (unpaired) electrons. The highest BCUT2D eigenvalue weighted by Crippen LogP contribution is 2.33. The van der Waals surface area contributed by atoms with E-state index in [9.17, 15) is 9.18 Å². The van der Waals surface area contributed by atoms with E-state index in [-0.39, 0.29) is 35.9 Å². The number of ether oxygens (including phenoxy) is 1. The molecule has 2 heterocycles. The average Bonchev–Trinajstić information content (AvgIpc) is 3.39. The number of aliphatic hydroxyl groups is 1. The molecule has 0 saturated carbocycles. The number of hydrogen-bond donors (Lipinski definition) is 1. The Bertz CT molecular complexity index is 1060. The van der Waals surface area contributed by atoms with Gasteiger partial charge in [0.05, 0.1) is 13.2 Å². The topological polar surface area (TPSA) is 91.9 Å². The fourth-order valence-corrected chi connectivity index (χ4v) is 4.80. The van der Waals surface area contributed by atoms with E-state index >= 15 is 0 Å². The minimum absolute atomic E-state index is 0.0394. The van der Waals surface area contributed by atoms with Crippen LogP contribution in [0.25, 0.3) is 5.57 Å². The molecule has 36 heavy (non-hydrogen) atoms. The second-order valence-corrected chi connectivity index (χ2v) is 10.2. The summed E-state index contributed by atoms with van der Waals surface area (Å²) in [6.07, 6.45) is 5.95. The molecule has 1 atom stereocenters. The normalized spacial score (nSPS) is 18.9. The van der Waals surface area contributed by atoms with Crippen LogP contribution in [-0.2, 0) is 4.79 Å². The lowest BCUT2D eigenvalue weighted by Gasteiger charge is -2.30. The summed E-state index contributed by atoms with van der Waals surface area (Å²) >= 11 is 0. The number of piperidine rings is 1. The van der Waals surface area contributed by atoms with Crippen molar-refractivity contribution in [2.24, 2.45) is 11.8 Å². The van der Waals surface area contributed by atoms with E-state index in [0.29, 0.717) is 31.5 Å². The first-order valence-corrected chi connectivity index (χ1v) is 12.9. The van der Waals surface area contributed by atoms with Gasteiger partial charge in [0.1, 0.15) is 0 Å². The number of aromatic nitrogens is 2. The maximum Gasteiger partial charge on any atom is 0.324 e. The van der Waals surface area contributed by atoms with Gasteiger partial charge in [-0.1, -0.05) is 31.1 Å². The van der Waals surface area contributed by atoms with Gasteiger partial charge in [0.15, 0.2) is 17.4 Å². The Labute approximate surface area is 212 Å². The fraction of sp³-hybridized carbons (Fsp3) is 0.593. The lowest BCUT2D eigenvalue weighted by molar-refractivity contribution is -0.134. The van der Waals surface area contributed by atoms with Crippen molar-refractivity contribution in [1.29, 1.82) is 0 Å². The molecule has 8 nitrogen and oxygen atoms in total. The number of allylic oxidation sites excluding steroid dienone is 2. The summed E-state index contributed by atoms with van der Waals surface area (Å²) in [6, 6.07) is 5.71. The minimum Gasteiger partial charge on any atom is -0.490 e. The molecule has 1 amide bonds. The number of carbonyl (C=O) groups is 1. The Hall–Kier alpha value is -2.94. The van der Waals surface area contributed by atoms with Gasteiger partial charge in [-0.05, 0) is 61.3 Å². The zero-order chi connectivity index (χ0) is 25.7. The molecule has 2 aliphatic rings. The van der Waals surface area contributed by atoms with Crippen LogP contribution in [0, 0.1) is 17.7 Å². The van der Waals surface area contributed by atoms with Crippen LogP contribution >= 0.6 is 0 Å². The summed E-state index contributed by atoms with van der Waals surface area (Å²) in [6.45, 7) is 6.46. The van der Waals surface area contributed by atoms with Gasteiger partial charge in [0, 0.05) is 38.5 Å². The number of aliphatic hydroxyl groups excluding tert-OH is 1. The number of carbonyl (C=O) groups excluding carboxylic acids is 1. The molecular formula is C27H37FN4O4. The van der Waals surface area contributed by atoms with Crippen molar-refractivity contribution in [2.75, 3.05) is 44.8 Å². The third-order valence-corrected chi connectivity index (χ3v) is 7.18. The van der Waals surface area contributed by atoms with Crippen LogP contribution < -0.4 is 9.64 Å². The lowest BCUT2D eigenvalue weighted by Crippen LogP contribution is -2.35. The Balaban J connectivity index is 1.26. The van der Waals surface area contributed by atoms with Crippen LogP contribution in [0.5, 0.6) is 5.75 Å². The standard InChI is InChI=1S/C27H37FN4O4/c1-18(2)25-29-27(36-30-25)32-12-10-19(11-13-32)17-35-24-9-8-22(16-23(24)28)20-4-6-21(7-5-20)26(34)31(3)14-15-33/h4,8-9,16,18-19,21,33H,5-7,10-15,17H2,1-3H3. The van der Waals surface area contributed by atoms with Gasteiger partial charge in [0.25, 0.3) is 0 Å². The van der Waals surface area contributed by atoms with Gasteiger partial charge < -0.3 is 24.2 Å². The van der Waals surface area contributed by atoms with Gasteiger partial charge in [-0.3, -0.25) is 4.79 Å². The molecule has 1 saturated heterocycles. The van der Waals surface area contributed by atoms with E-state index in [1.54, 1.807) is 18.0 Å². The van der Waals surface area contributed by atoms with Gasteiger partial charge in [-0.25, -0.2) is 4.39 Å². The number of halogens is 1. The number of amides is 1. The predicted molar refractivity (Wildman–Crippen MR) is 135 cm³/mol. The maximum absolute atomic E-state index is 14.8. The van der Waals surface area contributed by atoms with Gasteiger partial charge in [-0.2, -0.15) is 4.98 Å². The lowest BCUT2D eigenvalue weighted by atomic mass is 9.86. The number of hydrogen-bond acceptors (Lipinski definition) is 7. The summed E-state index contributed by atoms with van der Waals surface area (Å²) in [5, 5.41) is 13.1.